The zero-order valence-electron chi connectivity index (χ0n) is 13.0. The van der Waals surface area contributed by atoms with E-state index in [0.29, 0.717) is 11.3 Å². The normalized spacial score (nSPS) is 10.9. The van der Waals surface area contributed by atoms with Crippen molar-refractivity contribution in [2.24, 2.45) is 0 Å². The molecular weight excluding hydrogens is 307 g/mol. The second kappa shape index (κ2) is 6.96. The average Bonchev–Trinajstić information content (AvgIpc) is 2.59. The minimum absolute atomic E-state index is 0.353. The van der Waals surface area contributed by atoms with Crippen LogP contribution in [0.5, 0.6) is 11.5 Å². The summed E-state index contributed by atoms with van der Waals surface area (Å²) in [6, 6.07) is 17.0. The van der Waals surface area contributed by atoms with Crippen molar-refractivity contribution in [2.75, 3.05) is 7.11 Å². The Morgan fingerprint density at radius 2 is 1.71 bits per heavy atom. The number of halogens is 1. The number of hydrogen-bond acceptors (Lipinski definition) is 3. The Morgan fingerprint density at radius 3 is 2.46 bits per heavy atom. The van der Waals surface area contributed by atoms with Crippen LogP contribution < -0.4 is 9.47 Å². The lowest BCUT2D eigenvalue weighted by atomic mass is 10.1. The van der Waals surface area contributed by atoms with Gasteiger partial charge in [0.1, 0.15) is 17.3 Å². The van der Waals surface area contributed by atoms with Crippen LogP contribution in [-0.4, -0.2) is 13.1 Å². The Bertz CT molecular complexity index is 916. The molecule has 3 aromatic carbocycles. The largest absolute Gasteiger partial charge is 0.497 e. The lowest BCUT2D eigenvalue weighted by Gasteiger charge is -2.05. The highest BCUT2D eigenvalue weighted by Gasteiger charge is 2.03. The standard InChI is InChI=1S/C20H15FO3/c1-23-18-8-6-15-7-9-19(13-16(15)12-18)24-20(22)10-5-14-3-2-4-17(21)11-14/h2-13H,1H3/b10-5+. The molecule has 0 aliphatic heterocycles. The van der Waals surface area contributed by atoms with Crippen molar-refractivity contribution >= 4 is 22.8 Å². The van der Waals surface area contributed by atoms with E-state index in [2.05, 4.69) is 0 Å². The highest BCUT2D eigenvalue weighted by atomic mass is 19.1. The highest BCUT2D eigenvalue weighted by Crippen LogP contribution is 2.25. The SMILES string of the molecule is COc1ccc2ccc(OC(=O)/C=C/c3cccc(F)c3)cc2c1. The lowest BCUT2D eigenvalue weighted by molar-refractivity contribution is -0.128. The summed E-state index contributed by atoms with van der Waals surface area (Å²) in [5.41, 5.74) is 0.593. The molecule has 0 spiro atoms. The van der Waals surface area contributed by atoms with Gasteiger partial charge in [0.15, 0.2) is 0 Å². The van der Waals surface area contributed by atoms with Crippen LogP contribution in [-0.2, 0) is 4.79 Å². The van der Waals surface area contributed by atoms with E-state index in [4.69, 9.17) is 9.47 Å². The average molecular weight is 322 g/mol. The van der Waals surface area contributed by atoms with E-state index in [0.717, 1.165) is 16.5 Å². The van der Waals surface area contributed by atoms with Crippen molar-refractivity contribution in [3.8, 4) is 11.5 Å². The van der Waals surface area contributed by atoms with Crippen LogP contribution in [0, 0.1) is 5.82 Å². The van der Waals surface area contributed by atoms with Crippen molar-refractivity contribution in [1.82, 2.24) is 0 Å². The predicted molar refractivity (Wildman–Crippen MR) is 91.6 cm³/mol. The third-order valence-electron chi connectivity index (χ3n) is 3.50. The fourth-order valence-electron chi connectivity index (χ4n) is 2.32. The number of benzene rings is 3. The molecule has 0 radical (unpaired) electrons. The summed E-state index contributed by atoms with van der Waals surface area (Å²) in [5.74, 6) is 0.289. The van der Waals surface area contributed by atoms with Gasteiger partial charge in [-0.1, -0.05) is 24.3 Å². The van der Waals surface area contributed by atoms with Crippen LogP contribution in [0.4, 0.5) is 4.39 Å². The van der Waals surface area contributed by atoms with E-state index >= 15 is 0 Å². The first kappa shape index (κ1) is 15.7. The lowest BCUT2D eigenvalue weighted by Crippen LogP contribution is -2.03. The van der Waals surface area contributed by atoms with Gasteiger partial charge in [-0.2, -0.15) is 0 Å². The Kier molecular flexibility index (Phi) is 4.57. The molecule has 0 aromatic heterocycles. The van der Waals surface area contributed by atoms with Crippen molar-refractivity contribution in [2.45, 2.75) is 0 Å². The van der Waals surface area contributed by atoms with Gasteiger partial charge in [0.25, 0.3) is 0 Å². The monoisotopic (exact) mass is 322 g/mol. The first-order chi connectivity index (χ1) is 11.6. The molecule has 0 aliphatic carbocycles. The molecule has 0 saturated carbocycles. The fourth-order valence-corrected chi connectivity index (χ4v) is 2.32. The minimum Gasteiger partial charge on any atom is -0.497 e. The molecule has 24 heavy (non-hydrogen) atoms. The summed E-state index contributed by atoms with van der Waals surface area (Å²) in [6.07, 6.45) is 2.78. The van der Waals surface area contributed by atoms with Gasteiger partial charge in [-0.25, -0.2) is 9.18 Å². The summed E-state index contributed by atoms with van der Waals surface area (Å²) in [5, 5.41) is 1.93. The summed E-state index contributed by atoms with van der Waals surface area (Å²) in [7, 11) is 1.60. The third-order valence-corrected chi connectivity index (χ3v) is 3.50. The molecule has 3 nitrogen and oxygen atoms in total. The van der Waals surface area contributed by atoms with E-state index in [1.54, 1.807) is 31.4 Å². The van der Waals surface area contributed by atoms with Gasteiger partial charge < -0.3 is 9.47 Å². The maximum atomic E-state index is 13.1. The fraction of sp³-hybridized carbons (Fsp3) is 0.0500. The maximum absolute atomic E-state index is 13.1. The quantitative estimate of drug-likeness (QED) is 0.400. The highest BCUT2D eigenvalue weighted by molar-refractivity contribution is 5.90. The minimum atomic E-state index is -0.526. The van der Waals surface area contributed by atoms with Gasteiger partial charge in [-0.05, 0) is 58.8 Å². The van der Waals surface area contributed by atoms with Crippen molar-refractivity contribution in [1.29, 1.82) is 0 Å². The second-order valence-electron chi connectivity index (χ2n) is 5.18. The molecule has 0 aliphatic rings. The van der Waals surface area contributed by atoms with Crippen LogP contribution >= 0.6 is 0 Å². The summed E-state index contributed by atoms with van der Waals surface area (Å²) >= 11 is 0. The number of methoxy groups -OCH3 is 1. The van der Waals surface area contributed by atoms with Gasteiger partial charge in [-0.15, -0.1) is 0 Å². The molecule has 0 N–H and O–H groups in total. The number of ether oxygens (including phenoxy) is 2. The van der Waals surface area contributed by atoms with Crippen molar-refractivity contribution in [3.05, 3.63) is 78.1 Å². The maximum Gasteiger partial charge on any atom is 0.336 e. The first-order valence-electron chi connectivity index (χ1n) is 7.37. The van der Waals surface area contributed by atoms with E-state index < -0.39 is 5.97 Å². The zero-order chi connectivity index (χ0) is 16.9. The Hall–Kier alpha value is -3.14. The summed E-state index contributed by atoms with van der Waals surface area (Å²) in [6.45, 7) is 0. The zero-order valence-corrected chi connectivity index (χ0v) is 13.0. The van der Waals surface area contributed by atoms with Crippen molar-refractivity contribution < 1.29 is 18.7 Å². The molecule has 0 bridgehead atoms. The van der Waals surface area contributed by atoms with E-state index in [1.807, 2.05) is 24.3 Å². The van der Waals surface area contributed by atoms with Gasteiger partial charge in [0, 0.05) is 6.08 Å². The molecule has 0 saturated heterocycles. The molecule has 0 heterocycles. The number of rotatable bonds is 4. The number of carbonyl (C=O) groups excluding carboxylic acids is 1. The second-order valence-corrected chi connectivity index (χ2v) is 5.18. The Balaban J connectivity index is 1.75. The van der Waals surface area contributed by atoms with Gasteiger partial charge in [0.2, 0.25) is 0 Å². The molecular formula is C20H15FO3. The molecule has 0 fully saturated rings. The first-order valence-corrected chi connectivity index (χ1v) is 7.37. The Morgan fingerprint density at radius 1 is 0.958 bits per heavy atom. The number of hydrogen-bond donors (Lipinski definition) is 0. The third kappa shape index (κ3) is 3.79. The Labute approximate surface area is 138 Å². The molecule has 4 heteroatoms. The molecule has 0 amide bonds. The summed E-state index contributed by atoms with van der Waals surface area (Å²) < 4.78 is 23.6. The molecule has 3 aromatic rings. The molecule has 0 atom stereocenters. The van der Waals surface area contributed by atoms with Crippen molar-refractivity contribution in [3.63, 3.8) is 0 Å². The molecule has 3 rings (SSSR count). The van der Waals surface area contributed by atoms with E-state index in [9.17, 15) is 9.18 Å². The van der Waals surface area contributed by atoms with Crippen LogP contribution in [0.3, 0.4) is 0 Å². The smallest absolute Gasteiger partial charge is 0.336 e. The van der Waals surface area contributed by atoms with Gasteiger partial charge in [0.05, 0.1) is 7.11 Å². The number of carbonyl (C=O) groups is 1. The van der Waals surface area contributed by atoms with Crippen LogP contribution in [0.2, 0.25) is 0 Å². The molecule has 0 unspecified atom stereocenters. The van der Waals surface area contributed by atoms with Gasteiger partial charge >= 0.3 is 5.97 Å². The topological polar surface area (TPSA) is 35.5 Å². The molecule has 120 valence electrons. The number of fused-ring (bicyclic) bond motifs is 1. The van der Waals surface area contributed by atoms with Gasteiger partial charge in [-0.3, -0.25) is 0 Å². The van der Waals surface area contributed by atoms with Crippen LogP contribution in [0.25, 0.3) is 16.8 Å². The number of esters is 1. The van der Waals surface area contributed by atoms with E-state index in [1.165, 1.54) is 24.3 Å². The predicted octanol–water partition coefficient (Wildman–Crippen LogP) is 4.61. The summed E-state index contributed by atoms with van der Waals surface area (Å²) in [4.78, 5) is 11.9. The van der Waals surface area contributed by atoms with E-state index in [-0.39, 0.29) is 5.82 Å². The van der Waals surface area contributed by atoms with Crippen LogP contribution in [0.15, 0.2) is 66.7 Å². The van der Waals surface area contributed by atoms with Crippen LogP contribution in [0.1, 0.15) is 5.56 Å².